The normalized spacial score (nSPS) is 11.1. The number of aryl methyl sites for hydroxylation is 10. The number of pyridine rings is 1. The molecule has 0 aliphatic rings. The highest BCUT2D eigenvalue weighted by molar-refractivity contribution is 6.31. The van der Waals surface area contributed by atoms with E-state index in [0.717, 1.165) is 288 Å². The summed E-state index contributed by atoms with van der Waals surface area (Å²) in [6, 6.07) is 56.7. The summed E-state index contributed by atoms with van der Waals surface area (Å²) in [5, 5.41) is 21.6. The van der Waals surface area contributed by atoms with Crippen molar-refractivity contribution in [3.8, 4) is 11.1 Å². The van der Waals surface area contributed by atoms with Gasteiger partial charge in [-0.1, -0.05) is 214 Å². The highest BCUT2D eigenvalue weighted by Gasteiger charge is 2.20. The van der Waals surface area contributed by atoms with E-state index in [2.05, 4.69) is 333 Å². The smallest absolute Gasteiger partial charge is 0.154 e. The predicted octanol–water partition coefficient (Wildman–Crippen LogP) is 25.9. The summed E-state index contributed by atoms with van der Waals surface area (Å²) in [6.45, 7) is 43.3. The number of nitrogens with one attached hydrogen (secondary N) is 6. The van der Waals surface area contributed by atoms with Gasteiger partial charge in [-0.3, -0.25) is 4.98 Å². The summed E-state index contributed by atoms with van der Waals surface area (Å²) in [7, 11) is 0. The number of rotatable bonds is 39. The third kappa shape index (κ3) is 28.5. The Morgan fingerprint density at radius 1 is 0.281 bits per heavy atom. The van der Waals surface area contributed by atoms with Crippen LogP contribution in [0.1, 0.15) is 228 Å². The van der Waals surface area contributed by atoms with Gasteiger partial charge in [0.05, 0.1) is 45.3 Å². The van der Waals surface area contributed by atoms with Crippen LogP contribution in [0.15, 0.2) is 201 Å². The Kier molecular flexibility index (Phi) is 38.8. The molecule has 0 unspecified atom stereocenters. The number of fused-ring (bicyclic) bond motifs is 6. The number of nitrogens with zero attached hydrogens (tertiary/aromatic N) is 19. The first-order valence-electron chi connectivity index (χ1n) is 49.1. The molecule has 0 atom stereocenters. The molecule has 0 aliphatic heterocycles. The van der Waals surface area contributed by atoms with E-state index in [1.807, 2.05) is 103 Å². The zero-order chi connectivity index (χ0) is 95.4. The predicted molar refractivity (Wildman–Crippen MR) is 564 cm³/mol. The third-order valence-corrected chi connectivity index (χ3v) is 23.6. The van der Waals surface area contributed by atoms with Crippen molar-refractivity contribution in [2.75, 3.05) is 71.2 Å². The van der Waals surface area contributed by atoms with Gasteiger partial charge in [-0.25, -0.2) is 59.8 Å². The second-order valence-electron chi connectivity index (χ2n) is 34.8. The SMILES string of the molecule is CCCCNc1nc(C)nc2ccn(C(C)C)c12.CCCCNc1nc(C)nc2ccn(CCCC)c12.CCCCNc1nc(C)nc2ccn(CCCc3ccccc3)c12.CCCCNc1nc(C)nc2ccn(Cc3cccc(C)n3)c12.CCCCNc1nc(C)nc2ccn(Cc3ccccc3-c3ccccc3)c12.CCCCNc1nc(C)nc2ccn(Cc3ccccc3Cl)c12. The molecule has 0 radical (unpaired) electrons. The fraction of sp³-hybridized carbons (Fsp3) is 0.404. The zero-order valence-electron chi connectivity index (χ0n) is 82.6. The highest BCUT2D eigenvalue weighted by Crippen LogP contribution is 2.33. The molecule has 17 aromatic rings. The topological polar surface area (TPSA) is 269 Å². The number of hydrogen-bond donors (Lipinski definition) is 6. The van der Waals surface area contributed by atoms with E-state index in [1.54, 1.807) is 0 Å². The Morgan fingerprint density at radius 3 is 0.985 bits per heavy atom. The molecule has 0 aliphatic carbocycles. The van der Waals surface area contributed by atoms with E-state index in [-0.39, 0.29) is 0 Å². The molecule has 0 saturated heterocycles. The highest BCUT2D eigenvalue weighted by atomic mass is 35.5. The molecular weight excluding hydrogens is 1690 g/mol. The molecule has 13 aromatic heterocycles. The second-order valence-corrected chi connectivity index (χ2v) is 35.2. The summed E-state index contributed by atoms with van der Waals surface area (Å²) < 4.78 is 13.4. The van der Waals surface area contributed by atoms with Crippen molar-refractivity contribution in [2.24, 2.45) is 0 Å². The second kappa shape index (κ2) is 51.9. The maximum absolute atomic E-state index is 6.30. The standard InChI is InChI=1S/C24H26N4.C20H26N4.C18H21ClN4.C18H23N5.C15H24N4.C14H22N4/c1-3-4-15-25-24-23-22(26-18(2)27-24)14-16-28(23)17-20-12-8-9-13-21(20)19-10-6-5-7-11-19;1-3-4-13-21-20-19-18(22-16(2)23-20)12-15-24(19)14-8-11-17-9-6-5-7-10-17;1-3-4-10-20-18-17-16(21-13(2)22-18)9-11-23(17)12-14-7-5-6-8-15(14)19;1-4-5-10-19-18-17-16(21-14(3)22-18)9-11-23(17)12-15-8-6-7-13(2)20-15;1-4-6-9-16-15-14-13(17-12(3)18-15)8-11-19(14)10-7-5-2;1-5-6-8-15-14-13-12(16-11(4)17-14)7-9-18(13)10(2)3/h5-14,16H,3-4,15,17H2,1-2H3,(H,25,26,27);5-7,9-10,12,15H,3-4,8,11,13-14H2,1-2H3,(H,21,22,23);5-9,11H,3-4,10,12H2,1-2H3,(H,20,21,22);6-9,11H,4-5,10,12H2,1-3H3,(H,19,21,22);8,11H,4-7,9-10H2,1-3H3,(H,16,17,18);7,9-10H,5-6,8H2,1-4H3,(H,15,16,17). The number of halogens is 1. The van der Waals surface area contributed by atoms with Crippen molar-refractivity contribution in [1.29, 1.82) is 0 Å². The lowest BCUT2D eigenvalue weighted by atomic mass is 10.00. The summed E-state index contributed by atoms with van der Waals surface area (Å²) in [5.74, 6) is 10.5. The van der Waals surface area contributed by atoms with Gasteiger partial charge in [0, 0.05) is 119 Å². The average Bonchev–Trinajstić information content (AvgIpc) is 1.61. The Labute approximate surface area is 803 Å². The lowest BCUT2D eigenvalue weighted by Gasteiger charge is -2.14. The van der Waals surface area contributed by atoms with Gasteiger partial charge >= 0.3 is 0 Å². The van der Waals surface area contributed by atoms with Crippen LogP contribution in [0, 0.1) is 48.5 Å². The van der Waals surface area contributed by atoms with Crippen molar-refractivity contribution < 1.29 is 0 Å². The quantitative estimate of drug-likeness (QED) is 0.0195. The molecule has 710 valence electrons. The number of unbranched alkanes of at least 4 members (excludes halogenated alkanes) is 7. The summed E-state index contributed by atoms with van der Waals surface area (Å²) in [6.07, 6.45) is 31.0. The van der Waals surface area contributed by atoms with Gasteiger partial charge < -0.3 is 59.3 Å². The van der Waals surface area contributed by atoms with E-state index in [0.29, 0.717) is 12.6 Å². The van der Waals surface area contributed by atoms with Crippen LogP contribution in [0.3, 0.4) is 0 Å². The molecule has 13 heterocycles. The fourth-order valence-electron chi connectivity index (χ4n) is 16.4. The number of benzene rings is 4. The minimum atomic E-state index is 0.417. The van der Waals surface area contributed by atoms with Crippen LogP contribution < -0.4 is 31.9 Å². The van der Waals surface area contributed by atoms with Crippen LogP contribution in [-0.4, -0.2) is 131 Å². The van der Waals surface area contributed by atoms with Crippen LogP contribution >= 0.6 is 11.6 Å². The first kappa shape index (κ1) is 101. The maximum Gasteiger partial charge on any atom is 0.154 e. The monoisotopic (exact) mass is 1840 g/mol. The molecule has 17 rings (SSSR count). The van der Waals surface area contributed by atoms with Gasteiger partial charge in [-0.2, -0.15) is 0 Å². The minimum Gasteiger partial charge on any atom is -0.368 e. The number of hydrogen-bond acceptors (Lipinski definition) is 19. The van der Waals surface area contributed by atoms with Gasteiger partial charge in [0.25, 0.3) is 0 Å². The van der Waals surface area contributed by atoms with Crippen LogP contribution in [-0.2, 0) is 39.1 Å². The summed E-state index contributed by atoms with van der Waals surface area (Å²) >= 11 is 6.30. The van der Waals surface area contributed by atoms with Crippen LogP contribution in [0.4, 0.5) is 34.9 Å². The molecule has 25 nitrogen and oxygen atoms in total. The molecule has 0 bridgehead atoms. The molecular formula is C109H142ClN25. The molecule has 0 saturated carbocycles. The van der Waals surface area contributed by atoms with Gasteiger partial charge in [0.1, 0.15) is 68.0 Å². The lowest BCUT2D eigenvalue weighted by molar-refractivity contribution is 0.622. The van der Waals surface area contributed by atoms with Crippen molar-refractivity contribution in [2.45, 2.75) is 252 Å². The van der Waals surface area contributed by atoms with Gasteiger partial charge in [-0.15, -0.1) is 0 Å². The molecule has 0 fully saturated rings. The van der Waals surface area contributed by atoms with Crippen molar-refractivity contribution in [3.63, 3.8) is 0 Å². The average molecular weight is 1840 g/mol. The van der Waals surface area contributed by atoms with E-state index in [9.17, 15) is 0 Å². The minimum absolute atomic E-state index is 0.417. The molecule has 26 heteroatoms. The van der Waals surface area contributed by atoms with E-state index in [4.69, 9.17) is 11.6 Å². The van der Waals surface area contributed by atoms with Gasteiger partial charge in [0.15, 0.2) is 34.9 Å². The third-order valence-electron chi connectivity index (χ3n) is 23.3. The fourth-order valence-corrected chi connectivity index (χ4v) is 16.6. The van der Waals surface area contributed by atoms with E-state index in [1.165, 1.54) is 60.8 Å². The zero-order valence-corrected chi connectivity index (χ0v) is 83.4. The largest absolute Gasteiger partial charge is 0.368 e. The maximum atomic E-state index is 6.30. The molecule has 4 aromatic carbocycles. The van der Waals surface area contributed by atoms with Crippen molar-refractivity contribution in [3.05, 3.63) is 269 Å². The van der Waals surface area contributed by atoms with Crippen molar-refractivity contribution in [1.82, 2.24) is 92.2 Å². The van der Waals surface area contributed by atoms with Gasteiger partial charge in [-0.05, 0) is 203 Å². The molecule has 6 N–H and O–H groups in total. The molecule has 0 spiro atoms. The Morgan fingerprint density at radius 2 is 0.600 bits per heavy atom. The van der Waals surface area contributed by atoms with Crippen LogP contribution in [0.25, 0.3) is 77.3 Å². The first-order valence-corrected chi connectivity index (χ1v) is 49.5. The molecule has 135 heavy (non-hydrogen) atoms. The summed E-state index contributed by atoms with van der Waals surface area (Å²) in [5.41, 5.74) is 20.9. The number of anilines is 6. The Balaban J connectivity index is 0.000000147. The summed E-state index contributed by atoms with van der Waals surface area (Å²) in [4.78, 5) is 59.6. The molecule has 0 amide bonds. The van der Waals surface area contributed by atoms with E-state index >= 15 is 0 Å². The lowest BCUT2D eigenvalue weighted by Crippen LogP contribution is -2.08. The van der Waals surface area contributed by atoms with Crippen LogP contribution in [0.5, 0.6) is 0 Å². The first-order chi connectivity index (χ1) is 65.8. The Hall–Kier alpha value is -13.2. The Bertz CT molecular complexity index is 6520. The van der Waals surface area contributed by atoms with E-state index < -0.39 is 0 Å². The van der Waals surface area contributed by atoms with Crippen molar-refractivity contribution >= 4 is 113 Å². The van der Waals surface area contributed by atoms with Crippen LogP contribution in [0.2, 0.25) is 5.02 Å². The number of aromatic nitrogens is 19. The van der Waals surface area contributed by atoms with Gasteiger partial charge in [0.2, 0.25) is 0 Å².